The Balaban J connectivity index is 1.09. The van der Waals surface area contributed by atoms with Crippen LogP contribution in [0.2, 0.25) is 0 Å². The van der Waals surface area contributed by atoms with Gasteiger partial charge in [-0.25, -0.2) is 15.0 Å². The molecule has 0 saturated carbocycles. The predicted molar refractivity (Wildman–Crippen MR) is 229 cm³/mol. The summed E-state index contributed by atoms with van der Waals surface area (Å²) < 4.78 is 0. The third-order valence-corrected chi connectivity index (χ3v) is 12.3. The van der Waals surface area contributed by atoms with Crippen molar-refractivity contribution in [2.45, 2.75) is 31.6 Å². The summed E-state index contributed by atoms with van der Waals surface area (Å²) in [4.78, 5) is 15.7. The molecular weight excluding hydrogens is 679 g/mol. The van der Waals surface area contributed by atoms with E-state index in [1.807, 2.05) is 0 Å². The number of benzene rings is 6. The summed E-state index contributed by atoms with van der Waals surface area (Å²) in [5.74, 6) is 2.46. The monoisotopic (exact) mass is 717 g/mol. The van der Waals surface area contributed by atoms with Crippen LogP contribution < -0.4 is 0 Å². The Morgan fingerprint density at radius 1 is 0.482 bits per heavy atom. The van der Waals surface area contributed by atoms with Gasteiger partial charge < -0.3 is 0 Å². The Morgan fingerprint density at radius 3 is 1.66 bits per heavy atom. The van der Waals surface area contributed by atoms with E-state index in [9.17, 15) is 0 Å². The smallest absolute Gasteiger partial charge is 0.164 e. The van der Waals surface area contributed by atoms with Crippen LogP contribution in [0, 0.1) is 5.92 Å². The molecule has 0 saturated heterocycles. The van der Waals surface area contributed by atoms with Gasteiger partial charge in [0.05, 0.1) is 5.41 Å². The molecule has 1 heterocycles. The van der Waals surface area contributed by atoms with Gasteiger partial charge in [-0.05, 0) is 98.0 Å². The van der Waals surface area contributed by atoms with Crippen molar-refractivity contribution in [3.63, 3.8) is 0 Å². The maximum absolute atomic E-state index is 5.26. The van der Waals surface area contributed by atoms with E-state index in [1.165, 1.54) is 55.7 Å². The first-order valence-electron chi connectivity index (χ1n) is 19.8. The summed E-state index contributed by atoms with van der Waals surface area (Å²) in [6.07, 6.45) is 12.7. The fourth-order valence-electron chi connectivity index (χ4n) is 9.75. The minimum atomic E-state index is -0.332. The maximum Gasteiger partial charge on any atom is 0.164 e. The lowest BCUT2D eigenvalue weighted by atomic mass is 9.66. The third kappa shape index (κ3) is 5.00. The quantitative estimate of drug-likeness (QED) is 0.178. The molecule has 3 nitrogen and oxygen atoms in total. The SMILES string of the molecule is CC1CC=CC2=C1c1ccccc1C21C2=C(C=CCC2)c2ccc(-c3nc(-c4ccc(-c5ccccc5)cc4)nc(-c4ccc(-c5ccccc5)cc4)n3)cc21. The second-order valence-electron chi connectivity index (χ2n) is 15.4. The van der Waals surface area contributed by atoms with Gasteiger partial charge in [-0.3, -0.25) is 0 Å². The van der Waals surface area contributed by atoms with E-state index in [4.69, 9.17) is 15.0 Å². The Kier molecular flexibility index (Phi) is 7.57. The molecule has 0 fully saturated rings. The predicted octanol–water partition coefficient (Wildman–Crippen LogP) is 13.0. The van der Waals surface area contributed by atoms with E-state index in [0.717, 1.165) is 47.1 Å². The van der Waals surface area contributed by atoms with Crippen LogP contribution in [0.25, 0.3) is 67.6 Å². The fraction of sp³-hybridized carbons (Fsp3) is 0.113. The lowest BCUT2D eigenvalue weighted by Gasteiger charge is -2.35. The molecule has 7 aromatic rings. The van der Waals surface area contributed by atoms with Gasteiger partial charge in [0.2, 0.25) is 0 Å². The average Bonchev–Trinajstić information content (AvgIpc) is 3.75. The Morgan fingerprint density at radius 2 is 1.02 bits per heavy atom. The lowest BCUT2D eigenvalue weighted by Crippen LogP contribution is -2.29. The molecule has 2 atom stereocenters. The molecule has 3 heteroatoms. The summed E-state index contributed by atoms with van der Waals surface area (Å²) in [6.45, 7) is 2.39. The van der Waals surface area contributed by atoms with Gasteiger partial charge in [0.1, 0.15) is 0 Å². The first-order valence-corrected chi connectivity index (χ1v) is 19.8. The number of hydrogen-bond donors (Lipinski definition) is 0. The summed E-state index contributed by atoms with van der Waals surface area (Å²) in [6, 6.07) is 54.3. The molecule has 4 aliphatic rings. The van der Waals surface area contributed by atoms with Gasteiger partial charge in [-0.1, -0.05) is 177 Å². The average molecular weight is 718 g/mol. The standard InChI is InChI=1S/C53H39N3/c1-34-13-12-22-47-49(34)44-19-9-11-21-46(44)53(47)45-20-10-8-18-42(45)43-32-31-41(33-48(43)53)52-55-50(39-27-23-37(24-28-39)35-14-4-2-5-15-35)54-51(56-52)40-29-25-38(26-30-40)36-16-6-3-7-17-36/h2-9,11-12,14-19,21-34H,10,13,20H2,1H3. The Hall–Kier alpha value is -6.71. The molecule has 0 aliphatic heterocycles. The summed E-state index contributed by atoms with van der Waals surface area (Å²) in [7, 11) is 0. The van der Waals surface area contributed by atoms with Crippen LogP contribution in [0.4, 0.5) is 0 Å². The first kappa shape index (κ1) is 32.7. The highest BCUT2D eigenvalue weighted by Crippen LogP contribution is 2.65. The molecule has 0 radical (unpaired) electrons. The van der Waals surface area contributed by atoms with Crippen molar-refractivity contribution in [1.29, 1.82) is 0 Å². The lowest BCUT2D eigenvalue weighted by molar-refractivity contribution is 0.692. The molecule has 0 N–H and O–H groups in total. The van der Waals surface area contributed by atoms with Crippen LogP contribution in [0.3, 0.4) is 0 Å². The van der Waals surface area contributed by atoms with Crippen molar-refractivity contribution in [3.8, 4) is 56.4 Å². The number of allylic oxidation sites excluding steroid dienone is 8. The van der Waals surface area contributed by atoms with Crippen LogP contribution in [0.1, 0.15) is 48.4 Å². The van der Waals surface area contributed by atoms with Crippen molar-refractivity contribution < 1.29 is 0 Å². The zero-order chi connectivity index (χ0) is 37.2. The molecule has 2 unspecified atom stereocenters. The van der Waals surface area contributed by atoms with Gasteiger partial charge in [0.15, 0.2) is 17.5 Å². The molecule has 4 aliphatic carbocycles. The number of nitrogens with zero attached hydrogens (tertiary/aromatic N) is 3. The summed E-state index contributed by atoms with van der Waals surface area (Å²) in [5.41, 5.74) is 18.6. The van der Waals surface area contributed by atoms with E-state index in [0.29, 0.717) is 23.4 Å². The molecule has 1 aromatic heterocycles. The molecule has 11 rings (SSSR count). The van der Waals surface area contributed by atoms with Crippen molar-refractivity contribution in [2.75, 3.05) is 0 Å². The molecular formula is C53H39N3. The molecule has 1 spiro atoms. The fourth-order valence-corrected chi connectivity index (χ4v) is 9.75. The van der Waals surface area contributed by atoms with Gasteiger partial charge in [0, 0.05) is 16.7 Å². The van der Waals surface area contributed by atoms with Crippen LogP contribution in [0.15, 0.2) is 187 Å². The van der Waals surface area contributed by atoms with Crippen molar-refractivity contribution >= 4 is 11.1 Å². The zero-order valence-electron chi connectivity index (χ0n) is 31.3. The minimum Gasteiger partial charge on any atom is -0.208 e. The number of hydrogen-bond acceptors (Lipinski definition) is 3. The highest BCUT2D eigenvalue weighted by atomic mass is 15.0. The normalized spacial score (nSPS) is 18.9. The Labute approximate surface area is 328 Å². The summed E-state index contributed by atoms with van der Waals surface area (Å²) >= 11 is 0. The number of rotatable bonds is 5. The number of fused-ring (bicyclic) bond motifs is 8. The highest BCUT2D eigenvalue weighted by molar-refractivity contribution is 5.98. The molecule has 0 amide bonds. The summed E-state index contributed by atoms with van der Waals surface area (Å²) in [5, 5.41) is 0. The largest absolute Gasteiger partial charge is 0.208 e. The van der Waals surface area contributed by atoms with Gasteiger partial charge >= 0.3 is 0 Å². The molecule has 0 bridgehead atoms. The second-order valence-corrected chi connectivity index (χ2v) is 15.4. The zero-order valence-corrected chi connectivity index (χ0v) is 31.3. The minimum absolute atomic E-state index is 0.332. The number of aromatic nitrogens is 3. The van der Waals surface area contributed by atoms with Gasteiger partial charge in [-0.15, -0.1) is 0 Å². The first-order chi connectivity index (χ1) is 27.7. The van der Waals surface area contributed by atoms with E-state index < -0.39 is 0 Å². The van der Waals surface area contributed by atoms with E-state index in [1.54, 1.807) is 0 Å². The molecule has 56 heavy (non-hydrogen) atoms. The van der Waals surface area contributed by atoms with E-state index in [-0.39, 0.29) is 5.41 Å². The molecule has 266 valence electrons. The van der Waals surface area contributed by atoms with Crippen molar-refractivity contribution in [3.05, 3.63) is 209 Å². The van der Waals surface area contributed by atoms with E-state index in [2.05, 4.69) is 183 Å². The maximum atomic E-state index is 5.26. The van der Waals surface area contributed by atoms with Crippen LogP contribution in [-0.4, -0.2) is 15.0 Å². The van der Waals surface area contributed by atoms with Crippen LogP contribution >= 0.6 is 0 Å². The highest BCUT2D eigenvalue weighted by Gasteiger charge is 2.54. The van der Waals surface area contributed by atoms with Crippen molar-refractivity contribution in [1.82, 2.24) is 15.0 Å². The van der Waals surface area contributed by atoms with Crippen molar-refractivity contribution in [2.24, 2.45) is 5.92 Å². The Bertz CT molecular complexity index is 2710. The second kappa shape index (κ2) is 13.0. The van der Waals surface area contributed by atoms with Gasteiger partial charge in [0.25, 0.3) is 0 Å². The van der Waals surface area contributed by atoms with Crippen LogP contribution in [-0.2, 0) is 5.41 Å². The van der Waals surface area contributed by atoms with Gasteiger partial charge in [-0.2, -0.15) is 0 Å². The van der Waals surface area contributed by atoms with Crippen LogP contribution in [0.5, 0.6) is 0 Å². The third-order valence-electron chi connectivity index (χ3n) is 12.3. The molecule has 6 aromatic carbocycles. The van der Waals surface area contributed by atoms with E-state index >= 15 is 0 Å². The topological polar surface area (TPSA) is 38.7 Å².